The Hall–Kier alpha value is -1.00. The van der Waals surface area contributed by atoms with Crippen molar-refractivity contribution in [2.75, 3.05) is 0 Å². The Kier molecular flexibility index (Phi) is 3.04. The summed E-state index contributed by atoms with van der Waals surface area (Å²) < 4.78 is 133. The largest absolute Gasteiger partial charge is 0.462 e. The second kappa shape index (κ2) is 4.15. The van der Waals surface area contributed by atoms with Crippen molar-refractivity contribution in [2.45, 2.75) is 36.4 Å². The van der Waals surface area contributed by atoms with E-state index in [1.807, 2.05) is 0 Å². The number of rotatable bonds is 3. The Morgan fingerprint density at radius 2 is 1.30 bits per heavy atom. The first-order valence-electron chi connectivity index (χ1n) is 6.44. The highest BCUT2D eigenvalue weighted by Crippen LogP contribution is 2.72. The van der Waals surface area contributed by atoms with Crippen molar-refractivity contribution in [3.63, 3.8) is 0 Å². The Bertz CT molecular complexity index is 553. The fraction of sp³-hybridized carbons (Fsp3) is 0.833. The van der Waals surface area contributed by atoms with Crippen molar-refractivity contribution in [1.82, 2.24) is 0 Å². The van der Waals surface area contributed by atoms with Gasteiger partial charge in [0, 0.05) is 11.8 Å². The highest BCUT2D eigenvalue weighted by atomic mass is 19.4. The molecule has 0 aliphatic heterocycles. The summed E-state index contributed by atoms with van der Waals surface area (Å²) in [5.41, 5.74) is 0. The van der Waals surface area contributed by atoms with Gasteiger partial charge in [0.1, 0.15) is 0 Å². The molecule has 2 fully saturated rings. The molecule has 0 amide bonds. The molecule has 0 aromatic rings. The topological polar surface area (TPSA) is 9.23 Å². The molecule has 0 radical (unpaired) electrons. The molecule has 1 nitrogen and oxygen atoms in total. The Labute approximate surface area is 122 Å². The molecule has 2 bridgehead atoms. The molecule has 5 atom stereocenters. The smallest absolute Gasteiger partial charge is 0.271 e. The third-order valence-electron chi connectivity index (χ3n) is 4.76. The number of hydrogen-bond donors (Lipinski definition) is 0. The van der Waals surface area contributed by atoms with Crippen molar-refractivity contribution in [2.24, 2.45) is 23.7 Å². The molecule has 3 aliphatic carbocycles. The van der Waals surface area contributed by atoms with E-state index in [1.54, 1.807) is 0 Å². The molecule has 0 unspecified atom stereocenters. The predicted molar refractivity (Wildman–Crippen MR) is 53.5 cm³/mol. The first kappa shape index (κ1) is 16.8. The Morgan fingerprint density at radius 3 is 1.78 bits per heavy atom. The van der Waals surface area contributed by atoms with Crippen molar-refractivity contribution < 1.29 is 48.6 Å². The number of hydrogen-bond acceptors (Lipinski definition) is 1. The maximum absolute atomic E-state index is 14.3. The molecule has 0 saturated heterocycles. The number of ether oxygens (including phenoxy) is 1. The molecule has 132 valence electrons. The van der Waals surface area contributed by atoms with Crippen LogP contribution >= 0.6 is 0 Å². The first-order chi connectivity index (χ1) is 10.2. The summed E-state index contributed by atoms with van der Waals surface area (Å²) in [5.74, 6) is -21.4. The average Bonchev–Trinajstić information content (AvgIpc) is 2.95. The molecule has 2 saturated carbocycles. The fourth-order valence-electron chi connectivity index (χ4n) is 3.73. The monoisotopic (exact) mass is 358 g/mol. The molecule has 11 heteroatoms. The molecule has 23 heavy (non-hydrogen) atoms. The lowest BCUT2D eigenvalue weighted by Crippen LogP contribution is -2.74. The highest BCUT2D eigenvalue weighted by Gasteiger charge is 2.87. The van der Waals surface area contributed by atoms with Crippen LogP contribution < -0.4 is 0 Å². The minimum absolute atomic E-state index is 0.0127. The van der Waals surface area contributed by atoms with Gasteiger partial charge in [-0.15, -0.1) is 0 Å². The van der Waals surface area contributed by atoms with Crippen molar-refractivity contribution in [3.8, 4) is 0 Å². The maximum Gasteiger partial charge on any atom is 0.462 e. The van der Waals surface area contributed by atoms with Crippen LogP contribution in [0.1, 0.15) is 6.42 Å². The van der Waals surface area contributed by atoms with E-state index < -0.39 is 53.7 Å². The number of halogens is 10. The van der Waals surface area contributed by atoms with Crippen LogP contribution in [-0.4, -0.2) is 30.0 Å². The number of allylic oxidation sites excluding steroid dienone is 2. The van der Waals surface area contributed by atoms with E-state index in [-0.39, 0.29) is 6.42 Å². The summed E-state index contributed by atoms with van der Waals surface area (Å²) in [5, 5.41) is 0. The summed E-state index contributed by atoms with van der Waals surface area (Å²) in [6.07, 6.45) is -10.7. The highest BCUT2D eigenvalue weighted by molar-refractivity contribution is 5.28. The SMILES string of the molecule is FC(F)(F)C(F)(F)C(F)(F)O[C@@]1(F)[C@H]2[C@@H]([C@@H]3C=C[C@@H]2C3)C1(F)F. The van der Waals surface area contributed by atoms with Crippen LogP contribution in [0.15, 0.2) is 12.2 Å². The van der Waals surface area contributed by atoms with Crippen molar-refractivity contribution in [3.05, 3.63) is 12.2 Å². The van der Waals surface area contributed by atoms with E-state index in [4.69, 9.17) is 0 Å². The number of alkyl halides is 10. The molecular weight excluding hydrogens is 350 g/mol. The summed E-state index contributed by atoms with van der Waals surface area (Å²) in [7, 11) is 0. The third kappa shape index (κ3) is 1.79. The maximum atomic E-state index is 14.3. The van der Waals surface area contributed by atoms with E-state index in [1.165, 1.54) is 12.2 Å². The van der Waals surface area contributed by atoms with E-state index in [2.05, 4.69) is 4.74 Å². The van der Waals surface area contributed by atoms with Gasteiger partial charge < -0.3 is 0 Å². The summed E-state index contributed by atoms with van der Waals surface area (Å²) in [6, 6.07) is 0. The van der Waals surface area contributed by atoms with Gasteiger partial charge in [-0.1, -0.05) is 12.2 Å². The van der Waals surface area contributed by atoms with Crippen LogP contribution in [0.3, 0.4) is 0 Å². The summed E-state index contributed by atoms with van der Waals surface area (Å²) in [4.78, 5) is 0. The van der Waals surface area contributed by atoms with Gasteiger partial charge >= 0.3 is 24.1 Å². The van der Waals surface area contributed by atoms with Crippen molar-refractivity contribution >= 4 is 0 Å². The lowest BCUT2D eigenvalue weighted by atomic mass is 9.60. The van der Waals surface area contributed by atoms with Crippen molar-refractivity contribution in [1.29, 1.82) is 0 Å². The zero-order valence-corrected chi connectivity index (χ0v) is 10.9. The predicted octanol–water partition coefficient (Wildman–Crippen LogP) is 4.55. The van der Waals surface area contributed by atoms with Crippen LogP contribution in [0.4, 0.5) is 43.9 Å². The molecule has 0 N–H and O–H groups in total. The average molecular weight is 358 g/mol. The van der Waals surface area contributed by atoms with Crippen LogP contribution in [0, 0.1) is 23.7 Å². The molecule has 0 aromatic heterocycles. The van der Waals surface area contributed by atoms with E-state index in [0.717, 1.165) is 0 Å². The van der Waals surface area contributed by atoms with E-state index in [9.17, 15) is 43.9 Å². The summed E-state index contributed by atoms with van der Waals surface area (Å²) in [6.45, 7) is 0. The van der Waals surface area contributed by atoms with Gasteiger partial charge in [0.15, 0.2) is 0 Å². The number of fused-ring (bicyclic) bond motifs is 5. The lowest BCUT2D eigenvalue weighted by Gasteiger charge is -2.56. The molecule has 3 aliphatic rings. The Balaban J connectivity index is 1.92. The molecular formula is C12H8F10O. The zero-order valence-electron chi connectivity index (χ0n) is 10.9. The normalized spacial score (nSPS) is 41.8. The first-order valence-corrected chi connectivity index (χ1v) is 6.44. The van der Waals surface area contributed by atoms with Gasteiger partial charge in [-0.3, -0.25) is 4.74 Å². The molecule has 0 aromatic carbocycles. The fourth-order valence-corrected chi connectivity index (χ4v) is 3.73. The van der Waals surface area contributed by atoms with Gasteiger partial charge in [-0.2, -0.15) is 39.5 Å². The second-order valence-electron chi connectivity index (χ2n) is 5.96. The van der Waals surface area contributed by atoms with Crippen LogP contribution in [0.2, 0.25) is 0 Å². The van der Waals surface area contributed by atoms with Crippen LogP contribution in [0.25, 0.3) is 0 Å². The van der Waals surface area contributed by atoms with Crippen LogP contribution in [-0.2, 0) is 4.74 Å². The van der Waals surface area contributed by atoms with E-state index in [0.29, 0.717) is 0 Å². The standard InChI is InChI=1S/C12H8F10O/c13-8(14)6-4-1-2-5(3-4)7(6)9(8,15)23-12(21,22)10(16,17)11(18,19)20/h1-2,4-7H,3H2/t4-,5-,6-,7-,9+/m1/s1. The van der Waals surface area contributed by atoms with Gasteiger partial charge in [0.05, 0.1) is 0 Å². The lowest BCUT2D eigenvalue weighted by molar-refractivity contribution is -0.511. The molecule has 0 spiro atoms. The van der Waals surface area contributed by atoms with Gasteiger partial charge in [0.2, 0.25) is 0 Å². The molecule has 0 heterocycles. The minimum Gasteiger partial charge on any atom is -0.271 e. The van der Waals surface area contributed by atoms with Gasteiger partial charge in [-0.05, 0) is 18.3 Å². The summed E-state index contributed by atoms with van der Waals surface area (Å²) >= 11 is 0. The quantitative estimate of drug-likeness (QED) is 0.532. The van der Waals surface area contributed by atoms with E-state index >= 15 is 0 Å². The third-order valence-corrected chi connectivity index (χ3v) is 4.76. The Morgan fingerprint density at radius 1 is 0.826 bits per heavy atom. The minimum atomic E-state index is -6.81. The van der Waals surface area contributed by atoms with Gasteiger partial charge in [0.25, 0.3) is 5.85 Å². The zero-order chi connectivity index (χ0) is 17.6. The van der Waals surface area contributed by atoms with Gasteiger partial charge in [-0.25, -0.2) is 4.39 Å². The second-order valence-corrected chi connectivity index (χ2v) is 5.96. The molecule has 3 rings (SSSR count). The van der Waals surface area contributed by atoms with Crippen LogP contribution in [0.5, 0.6) is 0 Å².